The molecule has 0 radical (unpaired) electrons. The average molecular weight is 249 g/mol. The smallest absolute Gasteiger partial charge is 0.270 e. The van der Waals surface area contributed by atoms with Gasteiger partial charge in [-0.3, -0.25) is 4.79 Å². The number of H-pyrrole nitrogens is 1. The summed E-state index contributed by atoms with van der Waals surface area (Å²) in [6, 6.07) is 3.68. The number of carbonyl (C=O) groups excluding carboxylic acids is 1. The van der Waals surface area contributed by atoms with Crippen LogP contribution < -0.4 is 5.32 Å². The Morgan fingerprint density at radius 1 is 1.50 bits per heavy atom. The monoisotopic (exact) mass is 249 g/mol. The van der Waals surface area contributed by atoms with Crippen molar-refractivity contribution in [3.8, 4) is 0 Å². The van der Waals surface area contributed by atoms with E-state index in [0.717, 1.165) is 25.9 Å². The summed E-state index contributed by atoms with van der Waals surface area (Å²) in [5.41, 5.74) is 0.495. The van der Waals surface area contributed by atoms with Crippen LogP contribution in [0.1, 0.15) is 23.3 Å². The fraction of sp³-hybridized carbons (Fsp3) is 0.615. The van der Waals surface area contributed by atoms with Crippen molar-refractivity contribution in [1.29, 1.82) is 0 Å². The number of hydrogen-bond donors (Lipinski definition) is 2. The fourth-order valence-corrected chi connectivity index (χ4v) is 2.85. The first kappa shape index (κ1) is 11.7. The van der Waals surface area contributed by atoms with Crippen LogP contribution in [0, 0.1) is 0 Å². The lowest BCUT2D eigenvalue weighted by Gasteiger charge is -2.45. The van der Waals surface area contributed by atoms with E-state index in [9.17, 15) is 4.79 Å². The van der Waals surface area contributed by atoms with Gasteiger partial charge in [0, 0.05) is 19.3 Å². The minimum atomic E-state index is -0.168. The van der Waals surface area contributed by atoms with Crippen molar-refractivity contribution in [2.45, 2.75) is 18.4 Å². The number of nitrogens with one attached hydrogen (secondary N) is 2. The molecule has 1 atom stereocenters. The van der Waals surface area contributed by atoms with Gasteiger partial charge in [-0.15, -0.1) is 0 Å². The zero-order valence-corrected chi connectivity index (χ0v) is 10.4. The van der Waals surface area contributed by atoms with Gasteiger partial charge >= 0.3 is 0 Å². The summed E-state index contributed by atoms with van der Waals surface area (Å²) in [4.78, 5) is 17.2. The molecule has 0 aliphatic carbocycles. The average Bonchev–Trinajstić information content (AvgIpc) is 2.93. The first-order chi connectivity index (χ1) is 8.79. The fourth-order valence-electron chi connectivity index (χ4n) is 2.85. The van der Waals surface area contributed by atoms with Gasteiger partial charge in [0.2, 0.25) is 0 Å². The molecule has 2 saturated heterocycles. The number of morpholine rings is 1. The number of nitrogens with zero attached hydrogens (tertiary/aromatic N) is 1. The van der Waals surface area contributed by atoms with Crippen LogP contribution in [0.4, 0.5) is 0 Å². The molecule has 3 heterocycles. The highest BCUT2D eigenvalue weighted by molar-refractivity contribution is 5.92. The standard InChI is InChI=1S/C13H19N3O2/c17-12(11-3-1-6-15-11)16-7-8-18-13(10-16)4-2-5-14-9-13/h1,3,6,14-15H,2,4-5,7-10H2. The number of carbonyl (C=O) groups is 1. The van der Waals surface area contributed by atoms with E-state index in [-0.39, 0.29) is 11.5 Å². The second-order valence-corrected chi connectivity index (χ2v) is 5.12. The van der Waals surface area contributed by atoms with Crippen LogP contribution >= 0.6 is 0 Å². The van der Waals surface area contributed by atoms with Crippen LogP contribution in [0.3, 0.4) is 0 Å². The maximum Gasteiger partial charge on any atom is 0.270 e. The van der Waals surface area contributed by atoms with Crippen LogP contribution in [-0.2, 0) is 4.74 Å². The third-order valence-corrected chi connectivity index (χ3v) is 3.80. The summed E-state index contributed by atoms with van der Waals surface area (Å²) in [5.74, 6) is 0.0771. The Balaban J connectivity index is 1.72. The van der Waals surface area contributed by atoms with Crippen LogP contribution in [0.2, 0.25) is 0 Å². The van der Waals surface area contributed by atoms with Crippen LogP contribution in [-0.4, -0.2) is 54.2 Å². The van der Waals surface area contributed by atoms with E-state index in [2.05, 4.69) is 10.3 Å². The maximum atomic E-state index is 12.3. The first-order valence-electron chi connectivity index (χ1n) is 6.56. The summed E-state index contributed by atoms with van der Waals surface area (Å²) in [5, 5.41) is 3.37. The number of ether oxygens (including phenoxy) is 1. The molecule has 0 bridgehead atoms. The predicted octanol–water partition coefficient (Wildman–Crippen LogP) is 0.609. The van der Waals surface area contributed by atoms with Gasteiger partial charge in [-0.25, -0.2) is 0 Å². The molecule has 1 spiro atoms. The highest BCUT2D eigenvalue weighted by atomic mass is 16.5. The van der Waals surface area contributed by atoms with Crippen molar-refractivity contribution in [1.82, 2.24) is 15.2 Å². The molecule has 18 heavy (non-hydrogen) atoms. The first-order valence-corrected chi connectivity index (χ1v) is 6.56. The van der Waals surface area contributed by atoms with Gasteiger partial charge in [0.25, 0.3) is 5.91 Å². The molecule has 5 heteroatoms. The SMILES string of the molecule is O=C(c1ccc[nH]1)N1CCOC2(CCCNC2)C1. The molecule has 1 aromatic rings. The van der Waals surface area contributed by atoms with E-state index in [1.165, 1.54) is 0 Å². The molecule has 3 rings (SSSR count). The Bertz CT molecular complexity index is 404. The summed E-state index contributed by atoms with van der Waals surface area (Å²) < 4.78 is 5.94. The predicted molar refractivity (Wildman–Crippen MR) is 67.5 cm³/mol. The topological polar surface area (TPSA) is 57.4 Å². The highest BCUT2D eigenvalue weighted by Gasteiger charge is 2.39. The Hall–Kier alpha value is -1.33. The molecule has 2 aliphatic rings. The van der Waals surface area contributed by atoms with Gasteiger partial charge in [-0.1, -0.05) is 0 Å². The third kappa shape index (κ3) is 2.15. The van der Waals surface area contributed by atoms with E-state index in [0.29, 0.717) is 25.4 Å². The van der Waals surface area contributed by atoms with E-state index < -0.39 is 0 Å². The van der Waals surface area contributed by atoms with Crippen molar-refractivity contribution >= 4 is 5.91 Å². The number of amides is 1. The highest BCUT2D eigenvalue weighted by Crippen LogP contribution is 2.26. The number of hydrogen-bond acceptors (Lipinski definition) is 3. The van der Waals surface area contributed by atoms with Crippen LogP contribution in [0.25, 0.3) is 0 Å². The summed E-state index contributed by atoms with van der Waals surface area (Å²) >= 11 is 0. The lowest BCUT2D eigenvalue weighted by Crippen LogP contribution is -2.60. The summed E-state index contributed by atoms with van der Waals surface area (Å²) in [6.07, 6.45) is 3.94. The van der Waals surface area contributed by atoms with Crippen molar-refractivity contribution in [3.63, 3.8) is 0 Å². The minimum absolute atomic E-state index is 0.0771. The van der Waals surface area contributed by atoms with Gasteiger partial charge in [0.05, 0.1) is 18.8 Å². The van der Waals surface area contributed by atoms with E-state index in [1.54, 1.807) is 6.20 Å². The number of piperidine rings is 1. The molecule has 5 nitrogen and oxygen atoms in total. The zero-order valence-electron chi connectivity index (χ0n) is 10.4. The maximum absolute atomic E-state index is 12.3. The van der Waals surface area contributed by atoms with Gasteiger partial charge in [0.15, 0.2) is 0 Å². The second kappa shape index (κ2) is 4.74. The minimum Gasteiger partial charge on any atom is -0.370 e. The molecule has 2 fully saturated rings. The molecule has 98 valence electrons. The largest absolute Gasteiger partial charge is 0.370 e. The van der Waals surface area contributed by atoms with Gasteiger partial charge in [-0.2, -0.15) is 0 Å². The normalized spacial score (nSPS) is 28.6. The molecular formula is C13H19N3O2. The Morgan fingerprint density at radius 2 is 2.44 bits per heavy atom. The van der Waals surface area contributed by atoms with E-state index >= 15 is 0 Å². The molecule has 2 N–H and O–H groups in total. The van der Waals surface area contributed by atoms with Gasteiger partial charge in [-0.05, 0) is 31.5 Å². The van der Waals surface area contributed by atoms with Crippen LogP contribution in [0.5, 0.6) is 0 Å². The van der Waals surface area contributed by atoms with E-state index in [1.807, 2.05) is 17.0 Å². The third-order valence-electron chi connectivity index (χ3n) is 3.80. The van der Waals surface area contributed by atoms with Crippen LogP contribution in [0.15, 0.2) is 18.3 Å². The molecule has 1 amide bonds. The molecule has 1 unspecified atom stereocenters. The summed E-state index contributed by atoms with van der Waals surface area (Å²) in [7, 11) is 0. The molecule has 1 aromatic heterocycles. The van der Waals surface area contributed by atoms with Crippen molar-refractivity contribution in [2.75, 3.05) is 32.8 Å². The van der Waals surface area contributed by atoms with Crippen molar-refractivity contribution in [2.24, 2.45) is 0 Å². The quantitative estimate of drug-likeness (QED) is 0.766. The second-order valence-electron chi connectivity index (χ2n) is 5.12. The Labute approximate surface area is 106 Å². The lowest BCUT2D eigenvalue weighted by molar-refractivity contribution is -0.109. The summed E-state index contributed by atoms with van der Waals surface area (Å²) in [6.45, 7) is 3.91. The molecule has 0 saturated carbocycles. The van der Waals surface area contributed by atoms with Crippen molar-refractivity contribution in [3.05, 3.63) is 24.0 Å². The zero-order chi connectivity index (χ0) is 12.4. The molecule has 0 aromatic carbocycles. The van der Waals surface area contributed by atoms with Gasteiger partial charge < -0.3 is 19.9 Å². The molecular weight excluding hydrogens is 230 g/mol. The van der Waals surface area contributed by atoms with Crippen molar-refractivity contribution < 1.29 is 9.53 Å². The number of aromatic nitrogens is 1. The van der Waals surface area contributed by atoms with E-state index in [4.69, 9.17) is 4.74 Å². The molecule has 2 aliphatic heterocycles. The van der Waals surface area contributed by atoms with Gasteiger partial charge in [0.1, 0.15) is 5.69 Å². The lowest BCUT2D eigenvalue weighted by atomic mass is 9.92. The Morgan fingerprint density at radius 3 is 3.17 bits per heavy atom. The number of rotatable bonds is 1. The Kier molecular flexibility index (Phi) is 3.09. The number of aromatic amines is 1.